The third kappa shape index (κ3) is 195. The van der Waals surface area contributed by atoms with Crippen molar-refractivity contribution in [2.24, 2.45) is 0 Å². The molecular weight excluding hydrogens is 180 g/mol. The fourth-order valence-electron chi connectivity index (χ4n) is 0. The predicted octanol–water partition coefficient (Wildman–Crippen LogP) is 0.00218. The summed E-state index contributed by atoms with van der Waals surface area (Å²) in [6.07, 6.45) is 0. The Morgan fingerprint density at radius 2 is 0.500 bits per heavy atom. The molecule has 0 aromatic heterocycles. The van der Waals surface area contributed by atoms with Crippen LogP contribution in [-0.4, -0.2) is 11.0 Å². The monoisotopic (exact) mass is 180 g/mol. The largest absolute Gasteiger partial charge is 4.00 e. The molecule has 44 valence electrons. The Morgan fingerprint density at radius 3 is 0.500 bits per heavy atom. The molecule has 0 heterocycles. The molecule has 0 saturated carbocycles. The third-order valence-corrected chi connectivity index (χ3v) is 0. The van der Waals surface area contributed by atoms with Crippen LogP contribution in [0, 0.1) is 47.3 Å². The van der Waals surface area contributed by atoms with Gasteiger partial charge >= 0.3 is 21.7 Å². The standard InChI is InChI=1S/4CN.Si.Ti/c4*1-2;;/q4*-1;;+4. The number of hydrogen-bond donors (Lipinski definition) is 0. The van der Waals surface area contributed by atoms with Crippen LogP contribution < -0.4 is 0 Å². The SMILES string of the molecule is [C-]#N.[C-]#N.[C-]#N.[C-]#N.[Si].[Ti+4]. The van der Waals surface area contributed by atoms with Gasteiger partial charge in [-0.05, 0) is 0 Å². The third-order valence-electron chi connectivity index (χ3n) is 0. The second kappa shape index (κ2) is 305. The van der Waals surface area contributed by atoms with Gasteiger partial charge in [0.2, 0.25) is 0 Å². The Hall–Kier alpha value is -1.11. The number of hydrogen-bond acceptors (Lipinski definition) is 4. The zero-order valence-electron chi connectivity index (χ0n) is 4.79. The van der Waals surface area contributed by atoms with Crippen molar-refractivity contribution >= 4 is 11.0 Å². The molecule has 0 bridgehead atoms. The van der Waals surface area contributed by atoms with Crippen LogP contribution in [0.1, 0.15) is 0 Å². The molecule has 0 fully saturated rings. The maximum Gasteiger partial charge on any atom is 4.00 e. The minimum atomic E-state index is 0. The molecule has 0 rings (SSSR count). The molecule has 0 aliphatic rings. The quantitative estimate of drug-likeness (QED) is 0.387. The molecule has 0 saturated heterocycles. The molecule has 6 heteroatoms. The normalized spacial score (nSPS) is 0.800. The van der Waals surface area contributed by atoms with Crippen LogP contribution in [-0.2, 0) is 21.7 Å². The summed E-state index contributed by atoms with van der Waals surface area (Å²) in [5, 5.41) is 25.0. The summed E-state index contributed by atoms with van der Waals surface area (Å²) >= 11 is 0. The molecule has 0 aliphatic carbocycles. The summed E-state index contributed by atoms with van der Waals surface area (Å²) in [4.78, 5) is 0. The summed E-state index contributed by atoms with van der Waals surface area (Å²) in [6, 6.07) is 0. The summed E-state index contributed by atoms with van der Waals surface area (Å²) in [7, 11) is 0. The van der Waals surface area contributed by atoms with Gasteiger partial charge in [0, 0.05) is 11.0 Å². The van der Waals surface area contributed by atoms with E-state index < -0.39 is 0 Å². The van der Waals surface area contributed by atoms with Gasteiger partial charge in [-0.1, -0.05) is 0 Å². The van der Waals surface area contributed by atoms with E-state index >= 15 is 0 Å². The van der Waals surface area contributed by atoms with Gasteiger partial charge in [-0.15, -0.1) is 0 Å². The first-order valence-electron chi connectivity index (χ1n) is 0.894. The molecule has 0 spiro atoms. The van der Waals surface area contributed by atoms with Crippen molar-refractivity contribution in [2.45, 2.75) is 0 Å². The van der Waals surface area contributed by atoms with Gasteiger partial charge in [0.05, 0.1) is 0 Å². The van der Waals surface area contributed by atoms with Crippen LogP contribution in [0.4, 0.5) is 0 Å². The minimum Gasteiger partial charge on any atom is -0.512 e. The Kier molecular flexibility index (Phi) is 2020. The molecule has 0 atom stereocenters. The van der Waals surface area contributed by atoms with Crippen molar-refractivity contribution < 1.29 is 21.7 Å². The zero-order chi connectivity index (χ0) is 8.00. The van der Waals surface area contributed by atoms with Crippen molar-refractivity contribution in [3.05, 3.63) is 26.3 Å². The summed E-state index contributed by atoms with van der Waals surface area (Å²) < 4.78 is 0. The molecular formula is C4N4SiTi. The number of nitrogens with zero attached hydrogens (tertiary/aromatic N) is 4. The maximum atomic E-state index is 6.25. The van der Waals surface area contributed by atoms with Crippen LogP contribution in [0.25, 0.3) is 0 Å². The second-order valence-corrected chi connectivity index (χ2v) is 0. The van der Waals surface area contributed by atoms with E-state index in [-0.39, 0.29) is 32.7 Å². The molecule has 4 nitrogen and oxygen atoms in total. The van der Waals surface area contributed by atoms with Crippen LogP contribution in [0.15, 0.2) is 0 Å². The molecule has 4 radical (unpaired) electrons. The van der Waals surface area contributed by atoms with Crippen LogP contribution in [0.2, 0.25) is 0 Å². The Labute approximate surface area is 80.2 Å². The summed E-state index contributed by atoms with van der Waals surface area (Å²) in [5.41, 5.74) is 0. The van der Waals surface area contributed by atoms with Crippen molar-refractivity contribution in [3.8, 4) is 0 Å². The van der Waals surface area contributed by atoms with Gasteiger partial charge in [0.25, 0.3) is 0 Å². The molecule has 0 unspecified atom stereocenters. The van der Waals surface area contributed by atoms with Crippen molar-refractivity contribution in [1.29, 1.82) is 21.0 Å². The maximum absolute atomic E-state index is 6.25. The smallest absolute Gasteiger partial charge is 0.512 e. The second-order valence-electron chi connectivity index (χ2n) is 0. The molecule has 0 aromatic carbocycles. The molecule has 0 amide bonds. The summed E-state index contributed by atoms with van der Waals surface area (Å²) in [5.74, 6) is 0. The van der Waals surface area contributed by atoms with E-state index in [9.17, 15) is 0 Å². The van der Waals surface area contributed by atoms with Crippen molar-refractivity contribution in [1.82, 2.24) is 0 Å². The van der Waals surface area contributed by atoms with E-state index in [1.165, 1.54) is 0 Å². The predicted molar refractivity (Wildman–Crippen MR) is 25.6 cm³/mol. The topological polar surface area (TPSA) is 95.2 Å². The van der Waals surface area contributed by atoms with E-state index in [0.717, 1.165) is 0 Å². The Morgan fingerprint density at radius 1 is 0.500 bits per heavy atom. The van der Waals surface area contributed by atoms with Crippen LogP contribution in [0.3, 0.4) is 0 Å². The summed E-state index contributed by atoms with van der Waals surface area (Å²) in [6.45, 7) is 19.0. The van der Waals surface area contributed by atoms with E-state index in [2.05, 4.69) is 0 Å². The first-order chi connectivity index (χ1) is 4.00. The van der Waals surface area contributed by atoms with Crippen LogP contribution >= 0.6 is 0 Å². The fraction of sp³-hybridized carbons (Fsp3) is 0. The average molecular weight is 180 g/mol. The first kappa shape index (κ1) is 66.2. The molecule has 10 heavy (non-hydrogen) atoms. The number of rotatable bonds is 0. The van der Waals surface area contributed by atoms with Gasteiger partial charge in [0.15, 0.2) is 0 Å². The molecule has 0 aliphatic heterocycles. The Bertz CT molecular complexity index is 60.2. The fourth-order valence-corrected chi connectivity index (χ4v) is 0. The van der Waals surface area contributed by atoms with E-state index in [1.54, 1.807) is 0 Å². The Balaban J connectivity index is -0.00000000500. The molecule has 0 aromatic rings. The van der Waals surface area contributed by atoms with Crippen molar-refractivity contribution in [3.63, 3.8) is 0 Å². The molecule has 0 N–H and O–H groups in total. The van der Waals surface area contributed by atoms with Gasteiger partial charge < -0.3 is 47.3 Å². The zero-order valence-corrected chi connectivity index (χ0v) is 7.35. The van der Waals surface area contributed by atoms with Gasteiger partial charge in [0.1, 0.15) is 0 Å². The average Bonchev–Trinajstić information content (AvgIpc) is 2.03. The first-order valence-corrected chi connectivity index (χ1v) is 0.894. The van der Waals surface area contributed by atoms with E-state index in [1.807, 2.05) is 0 Å². The van der Waals surface area contributed by atoms with Crippen molar-refractivity contribution in [2.75, 3.05) is 0 Å². The minimum absolute atomic E-state index is 0. The van der Waals surface area contributed by atoms with E-state index in [0.29, 0.717) is 0 Å². The van der Waals surface area contributed by atoms with E-state index in [4.69, 9.17) is 47.3 Å². The van der Waals surface area contributed by atoms with Gasteiger partial charge in [-0.3, -0.25) is 0 Å². The van der Waals surface area contributed by atoms with Gasteiger partial charge in [-0.25, -0.2) is 0 Å². The van der Waals surface area contributed by atoms with Gasteiger partial charge in [-0.2, -0.15) is 0 Å². The van der Waals surface area contributed by atoms with Crippen LogP contribution in [0.5, 0.6) is 0 Å².